The zero-order chi connectivity index (χ0) is 13.2. The average Bonchev–Trinajstić information content (AvgIpc) is 3.03. The minimum atomic E-state index is -0.0537. The largest absolute Gasteiger partial charge is 0.352 e. The Morgan fingerprint density at radius 3 is 3.26 bits per heavy atom. The second-order valence-electron chi connectivity index (χ2n) is 5.01. The fourth-order valence-electron chi connectivity index (χ4n) is 2.47. The van der Waals surface area contributed by atoms with E-state index in [4.69, 9.17) is 0 Å². The Labute approximate surface area is 111 Å². The van der Waals surface area contributed by atoms with Crippen LogP contribution in [-0.2, 0) is 20.0 Å². The summed E-state index contributed by atoms with van der Waals surface area (Å²) in [7, 11) is 1.80. The predicted molar refractivity (Wildman–Crippen MR) is 69.6 cm³/mol. The third-order valence-corrected chi connectivity index (χ3v) is 3.57. The van der Waals surface area contributed by atoms with E-state index >= 15 is 0 Å². The van der Waals surface area contributed by atoms with E-state index < -0.39 is 0 Å². The number of imidazole rings is 1. The summed E-state index contributed by atoms with van der Waals surface area (Å²) in [5.74, 6) is 1.53. The second-order valence-corrected chi connectivity index (χ2v) is 5.01. The van der Waals surface area contributed by atoms with E-state index in [9.17, 15) is 4.79 Å². The normalized spacial score (nSPS) is 18.1. The summed E-state index contributed by atoms with van der Waals surface area (Å²) in [6, 6.07) is 0. The molecule has 0 bridgehead atoms. The molecule has 1 aliphatic rings. The van der Waals surface area contributed by atoms with E-state index in [-0.39, 0.29) is 5.91 Å². The Bertz CT molecular complexity index is 585. The van der Waals surface area contributed by atoms with Crippen LogP contribution < -0.4 is 5.32 Å². The monoisotopic (exact) mass is 259 g/mol. The van der Waals surface area contributed by atoms with Gasteiger partial charge in [0, 0.05) is 45.1 Å². The molecule has 0 fully saturated rings. The number of nitrogens with one attached hydrogen (secondary N) is 1. The lowest BCUT2D eigenvalue weighted by atomic mass is 9.98. The number of carbonyl (C=O) groups is 1. The first-order valence-corrected chi connectivity index (χ1v) is 6.49. The molecule has 6 nitrogen and oxygen atoms in total. The highest BCUT2D eigenvalue weighted by atomic mass is 16.1. The lowest BCUT2D eigenvalue weighted by molar-refractivity contribution is 0.0944. The third-order valence-electron chi connectivity index (χ3n) is 3.57. The summed E-state index contributed by atoms with van der Waals surface area (Å²) in [5, 5.41) is 6.97. The van der Waals surface area contributed by atoms with Crippen molar-refractivity contribution in [1.29, 1.82) is 0 Å². The quantitative estimate of drug-likeness (QED) is 0.878. The van der Waals surface area contributed by atoms with Gasteiger partial charge in [-0.15, -0.1) is 0 Å². The number of fused-ring (bicyclic) bond motifs is 1. The van der Waals surface area contributed by atoms with E-state index in [1.807, 2.05) is 12.4 Å². The number of hydrogen-bond donors (Lipinski definition) is 1. The molecule has 100 valence electrons. The Hall–Kier alpha value is -2.11. The summed E-state index contributed by atoms with van der Waals surface area (Å²) < 4.78 is 3.81. The Kier molecular flexibility index (Phi) is 3.06. The number of hydrogen-bond acceptors (Lipinski definition) is 3. The molecule has 1 amide bonds. The molecule has 2 aromatic heterocycles. The first kappa shape index (κ1) is 12.0. The predicted octanol–water partition coefficient (Wildman–Crippen LogP) is 0.609. The molecule has 0 saturated heterocycles. The minimum Gasteiger partial charge on any atom is -0.352 e. The zero-order valence-corrected chi connectivity index (χ0v) is 10.9. The van der Waals surface area contributed by atoms with Gasteiger partial charge in [-0.3, -0.25) is 9.48 Å². The van der Waals surface area contributed by atoms with Gasteiger partial charge in [0.15, 0.2) is 0 Å². The van der Waals surface area contributed by atoms with Crippen LogP contribution >= 0.6 is 0 Å². The fourth-order valence-corrected chi connectivity index (χ4v) is 2.47. The summed E-state index contributed by atoms with van der Waals surface area (Å²) in [6.45, 7) is 1.68. The van der Waals surface area contributed by atoms with Crippen molar-refractivity contribution in [3.63, 3.8) is 0 Å². The van der Waals surface area contributed by atoms with Gasteiger partial charge in [0.05, 0.1) is 11.8 Å². The van der Waals surface area contributed by atoms with E-state index in [0.717, 1.165) is 25.2 Å². The molecule has 1 aliphatic heterocycles. The van der Waals surface area contributed by atoms with Crippen LogP contribution in [0, 0.1) is 5.92 Å². The lowest BCUT2D eigenvalue weighted by Crippen LogP contribution is -2.33. The van der Waals surface area contributed by atoms with Crippen molar-refractivity contribution < 1.29 is 4.79 Å². The molecular formula is C13H17N5O. The molecule has 1 atom stereocenters. The van der Waals surface area contributed by atoms with Crippen LogP contribution in [0.4, 0.5) is 0 Å². The van der Waals surface area contributed by atoms with E-state index in [1.165, 1.54) is 0 Å². The van der Waals surface area contributed by atoms with E-state index in [0.29, 0.717) is 18.0 Å². The minimum absolute atomic E-state index is 0.0537. The van der Waals surface area contributed by atoms with E-state index in [2.05, 4.69) is 20.0 Å². The molecule has 3 heterocycles. The maximum Gasteiger partial charge on any atom is 0.254 e. The first-order valence-electron chi connectivity index (χ1n) is 6.49. The highest BCUT2D eigenvalue weighted by Gasteiger charge is 2.20. The van der Waals surface area contributed by atoms with Crippen LogP contribution in [0.2, 0.25) is 0 Å². The van der Waals surface area contributed by atoms with Gasteiger partial charge in [-0.05, 0) is 12.3 Å². The molecule has 0 aliphatic carbocycles. The topological polar surface area (TPSA) is 64.7 Å². The van der Waals surface area contributed by atoms with Gasteiger partial charge >= 0.3 is 0 Å². The average molecular weight is 259 g/mol. The van der Waals surface area contributed by atoms with Crippen LogP contribution in [0.1, 0.15) is 22.6 Å². The van der Waals surface area contributed by atoms with Gasteiger partial charge in [0.25, 0.3) is 5.91 Å². The molecule has 0 spiro atoms. The molecule has 19 heavy (non-hydrogen) atoms. The molecule has 2 aromatic rings. The molecular weight excluding hydrogens is 242 g/mol. The third kappa shape index (κ3) is 2.52. The number of aromatic nitrogens is 4. The summed E-state index contributed by atoms with van der Waals surface area (Å²) >= 11 is 0. The van der Waals surface area contributed by atoms with Crippen LogP contribution in [0.15, 0.2) is 24.8 Å². The van der Waals surface area contributed by atoms with E-state index in [1.54, 1.807) is 24.1 Å². The van der Waals surface area contributed by atoms with Gasteiger partial charge in [-0.1, -0.05) is 0 Å². The molecule has 3 rings (SSSR count). The highest BCUT2D eigenvalue weighted by molar-refractivity contribution is 5.93. The van der Waals surface area contributed by atoms with Crippen LogP contribution in [0.5, 0.6) is 0 Å². The number of aryl methyl sites for hydroxylation is 2. The maximum atomic E-state index is 11.9. The van der Waals surface area contributed by atoms with Crippen LogP contribution in [0.3, 0.4) is 0 Å². The molecule has 1 unspecified atom stereocenters. The number of amides is 1. The van der Waals surface area contributed by atoms with Crippen molar-refractivity contribution in [2.24, 2.45) is 13.0 Å². The molecule has 0 radical (unpaired) electrons. The van der Waals surface area contributed by atoms with Gasteiger partial charge in [0.2, 0.25) is 0 Å². The standard InChI is InChI=1S/C13H17N5O/c1-17-9-11(8-16-17)13(19)15-7-10-2-4-18-5-3-14-12(18)6-10/h3,5,8-10H,2,4,6-7H2,1H3,(H,15,19). The zero-order valence-electron chi connectivity index (χ0n) is 10.9. The van der Waals surface area contributed by atoms with Crippen molar-refractivity contribution >= 4 is 5.91 Å². The van der Waals surface area contributed by atoms with Gasteiger partial charge < -0.3 is 9.88 Å². The Balaban J connectivity index is 1.55. The number of rotatable bonds is 3. The number of carbonyl (C=O) groups excluding carboxylic acids is 1. The summed E-state index contributed by atoms with van der Waals surface area (Å²) in [4.78, 5) is 16.2. The van der Waals surface area contributed by atoms with Crippen molar-refractivity contribution in [1.82, 2.24) is 24.6 Å². The SMILES string of the molecule is Cn1cc(C(=O)NCC2CCn3ccnc3C2)cn1. The smallest absolute Gasteiger partial charge is 0.254 e. The van der Waals surface area contributed by atoms with Crippen molar-refractivity contribution in [2.75, 3.05) is 6.54 Å². The molecule has 0 aromatic carbocycles. The maximum absolute atomic E-state index is 11.9. The molecule has 0 saturated carbocycles. The summed E-state index contributed by atoms with van der Waals surface area (Å²) in [6.07, 6.45) is 9.18. The Morgan fingerprint density at radius 1 is 1.58 bits per heavy atom. The van der Waals surface area contributed by atoms with Crippen molar-refractivity contribution in [3.05, 3.63) is 36.2 Å². The number of nitrogens with zero attached hydrogens (tertiary/aromatic N) is 4. The highest BCUT2D eigenvalue weighted by Crippen LogP contribution is 2.18. The molecule has 6 heteroatoms. The Morgan fingerprint density at radius 2 is 2.47 bits per heavy atom. The summed E-state index contributed by atoms with van der Waals surface area (Å²) in [5.41, 5.74) is 0.611. The van der Waals surface area contributed by atoms with Crippen molar-refractivity contribution in [3.8, 4) is 0 Å². The van der Waals surface area contributed by atoms with Crippen LogP contribution in [0.25, 0.3) is 0 Å². The van der Waals surface area contributed by atoms with Gasteiger partial charge in [0.1, 0.15) is 5.82 Å². The van der Waals surface area contributed by atoms with Crippen molar-refractivity contribution in [2.45, 2.75) is 19.4 Å². The van der Waals surface area contributed by atoms with Crippen LogP contribution in [-0.4, -0.2) is 31.8 Å². The van der Waals surface area contributed by atoms with Gasteiger partial charge in [-0.25, -0.2) is 4.98 Å². The lowest BCUT2D eigenvalue weighted by Gasteiger charge is -2.23. The second kappa shape index (κ2) is 4.87. The first-order chi connectivity index (χ1) is 9.22. The van der Waals surface area contributed by atoms with Gasteiger partial charge in [-0.2, -0.15) is 5.10 Å². The fraction of sp³-hybridized carbons (Fsp3) is 0.462. The molecule has 1 N–H and O–H groups in total.